The quantitative estimate of drug-likeness (QED) is 0.926. The lowest BCUT2D eigenvalue weighted by Gasteiger charge is -2.31. The number of aliphatic carboxylic acids is 1. The van der Waals surface area contributed by atoms with Crippen LogP contribution in [0, 0.1) is 0 Å². The minimum Gasteiger partial charge on any atom is -0.480 e. The van der Waals surface area contributed by atoms with E-state index in [0.717, 1.165) is 18.5 Å². The van der Waals surface area contributed by atoms with Crippen LogP contribution in [0.5, 0.6) is 0 Å². The Kier molecular flexibility index (Phi) is 3.85. The molecule has 0 aromatic heterocycles. The summed E-state index contributed by atoms with van der Waals surface area (Å²) >= 11 is 12.0. The first-order chi connectivity index (χ1) is 8.43. The number of rotatable bonds is 3. The molecule has 1 aromatic rings. The number of benzene rings is 1. The van der Waals surface area contributed by atoms with Gasteiger partial charge in [-0.05, 0) is 44.0 Å². The van der Waals surface area contributed by atoms with Gasteiger partial charge in [0.15, 0.2) is 0 Å². The molecule has 1 unspecified atom stereocenters. The second-order valence-corrected chi connectivity index (χ2v) is 5.68. The van der Waals surface area contributed by atoms with E-state index in [1.165, 1.54) is 0 Å². The number of hydrogen-bond acceptors (Lipinski definition) is 2. The second kappa shape index (κ2) is 5.08. The van der Waals surface area contributed by atoms with Crippen molar-refractivity contribution in [3.8, 4) is 0 Å². The maximum Gasteiger partial charge on any atom is 0.323 e. The SMILES string of the molecule is CC1(C(=O)O)CCCN1Cc1ccc(Cl)cc1Cl. The lowest BCUT2D eigenvalue weighted by Crippen LogP contribution is -2.47. The van der Waals surface area contributed by atoms with Crippen molar-refractivity contribution >= 4 is 29.2 Å². The maximum absolute atomic E-state index is 11.4. The van der Waals surface area contributed by atoms with Crippen LogP contribution in [0.15, 0.2) is 18.2 Å². The van der Waals surface area contributed by atoms with Gasteiger partial charge in [-0.1, -0.05) is 29.3 Å². The van der Waals surface area contributed by atoms with Crippen LogP contribution >= 0.6 is 23.2 Å². The molecule has 1 aliphatic heterocycles. The molecule has 18 heavy (non-hydrogen) atoms. The van der Waals surface area contributed by atoms with Gasteiger partial charge in [0.25, 0.3) is 0 Å². The van der Waals surface area contributed by atoms with Crippen LogP contribution in [0.25, 0.3) is 0 Å². The van der Waals surface area contributed by atoms with Crippen molar-refractivity contribution in [2.24, 2.45) is 0 Å². The Morgan fingerprint density at radius 3 is 2.83 bits per heavy atom. The number of halogens is 2. The number of carbonyl (C=O) groups is 1. The van der Waals surface area contributed by atoms with Gasteiger partial charge in [-0.2, -0.15) is 0 Å². The van der Waals surface area contributed by atoms with Crippen LogP contribution < -0.4 is 0 Å². The molecule has 2 rings (SSSR count). The second-order valence-electron chi connectivity index (χ2n) is 4.84. The molecule has 1 atom stereocenters. The summed E-state index contributed by atoms with van der Waals surface area (Å²) in [6, 6.07) is 5.31. The summed E-state index contributed by atoms with van der Waals surface area (Å²) in [5, 5.41) is 10.5. The molecule has 1 heterocycles. The summed E-state index contributed by atoms with van der Waals surface area (Å²) in [5.74, 6) is -0.773. The third-order valence-electron chi connectivity index (χ3n) is 3.63. The van der Waals surface area contributed by atoms with E-state index >= 15 is 0 Å². The van der Waals surface area contributed by atoms with E-state index < -0.39 is 11.5 Å². The summed E-state index contributed by atoms with van der Waals surface area (Å²) in [4.78, 5) is 13.3. The van der Waals surface area contributed by atoms with Gasteiger partial charge in [-0.3, -0.25) is 9.69 Å². The largest absolute Gasteiger partial charge is 0.480 e. The molecule has 0 radical (unpaired) electrons. The Hall–Kier alpha value is -0.770. The fourth-order valence-electron chi connectivity index (χ4n) is 2.37. The number of hydrogen-bond donors (Lipinski definition) is 1. The van der Waals surface area contributed by atoms with Crippen molar-refractivity contribution < 1.29 is 9.90 Å². The lowest BCUT2D eigenvalue weighted by molar-refractivity contribution is -0.148. The lowest BCUT2D eigenvalue weighted by atomic mass is 9.99. The molecule has 98 valence electrons. The van der Waals surface area contributed by atoms with E-state index in [4.69, 9.17) is 23.2 Å². The van der Waals surface area contributed by atoms with Gasteiger partial charge in [0.05, 0.1) is 0 Å². The molecular weight excluding hydrogens is 273 g/mol. The van der Waals surface area contributed by atoms with Gasteiger partial charge < -0.3 is 5.11 Å². The Labute approximate surface area is 116 Å². The van der Waals surface area contributed by atoms with Crippen molar-refractivity contribution in [2.75, 3.05) is 6.54 Å². The highest BCUT2D eigenvalue weighted by atomic mass is 35.5. The molecule has 1 aromatic carbocycles. The van der Waals surface area contributed by atoms with Crippen molar-refractivity contribution in [2.45, 2.75) is 31.8 Å². The van der Waals surface area contributed by atoms with Crippen molar-refractivity contribution in [1.29, 1.82) is 0 Å². The first-order valence-corrected chi connectivity index (χ1v) is 6.61. The average molecular weight is 288 g/mol. The third kappa shape index (κ3) is 2.48. The van der Waals surface area contributed by atoms with Gasteiger partial charge >= 0.3 is 5.97 Å². The summed E-state index contributed by atoms with van der Waals surface area (Å²) in [7, 11) is 0. The molecule has 0 aliphatic carbocycles. The molecule has 3 nitrogen and oxygen atoms in total. The van der Waals surface area contributed by atoms with Gasteiger partial charge in [-0.25, -0.2) is 0 Å². The Balaban J connectivity index is 2.21. The first-order valence-electron chi connectivity index (χ1n) is 5.86. The number of nitrogens with zero attached hydrogens (tertiary/aromatic N) is 1. The highest BCUT2D eigenvalue weighted by molar-refractivity contribution is 6.35. The first kappa shape index (κ1) is 13.7. The average Bonchev–Trinajstić information content (AvgIpc) is 2.66. The smallest absolute Gasteiger partial charge is 0.323 e. The van der Waals surface area contributed by atoms with E-state index in [1.807, 2.05) is 11.0 Å². The van der Waals surface area contributed by atoms with Gasteiger partial charge in [0.2, 0.25) is 0 Å². The fourth-order valence-corrected chi connectivity index (χ4v) is 2.84. The van der Waals surface area contributed by atoms with E-state index in [1.54, 1.807) is 19.1 Å². The minimum atomic E-state index is -0.789. The highest BCUT2D eigenvalue weighted by Crippen LogP contribution is 2.32. The number of carboxylic acid groups (broad SMARTS) is 1. The summed E-state index contributed by atoms with van der Waals surface area (Å²) in [6.45, 7) is 3.09. The van der Waals surface area contributed by atoms with E-state index in [9.17, 15) is 9.90 Å². The van der Waals surface area contributed by atoms with Gasteiger partial charge in [0.1, 0.15) is 5.54 Å². The third-order valence-corrected chi connectivity index (χ3v) is 4.21. The Morgan fingerprint density at radius 2 is 2.22 bits per heavy atom. The number of likely N-dealkylation sites (tertiary alicyclic amines) is 1. The van der Waals surface area contributed by atoms with Crippen molar-refractivity contribution in [3.63, 3.8) is 0 Å². The molecule has 0 bridgehead atoms. The van der Waals surface area contributed by atoms with Crippen molar-refractivity contribution in [1.82, 2.24) is 4.90 Å². The molecular formula is C13H15Cl2NO2. The predicted molar refractivity (Wildman–Crippen MR) is 72.1 cm³/mol. The van der Waals surface area contributed by atoms with E-state index in [2.05, 4.69) is 0 Å². The van der Waals surface area contributed by atoms with Gasteiger partial charge in [0, 0.05) is 16.6 Å². The monoisotopic (exact) mass is 287 g/mol. The fraction of sp³-hybridized carbons (Fsp3) is 0.462. The minimum absolute atomic E-state index is 0.540. The molecule has 0 amide bonds. The van der Waals surface area contributed by atoms with E-state index in [-0.39, 0.29) is 0 Å². The molecule has 1 fully saturated rings. The Morgan fingerprint density at radius 1 is 1.50 bits per heavy atom. The van der Waals surface area contributed by atoms with E-state index in [0.29, 0.717) is 23.0 Å². The van der Waals surface area contributed by atoms with Crippen LogP contribution in [0.2, 0.25) is 10.0 Å². The van der Waals surface area contributed by atoms with Crippen LogP contribution in [-0.4, -0.2) is 28.1 Å². The van der Waals surface area contributed by atoms with Crippen molar-refractivity contribution in [3.05, 3.63) is 33.8 Å². The zero-order valence-electron chi connectivity index (χ0n) is 10.1. The zero-order valence-corrected chi connectivity index (χ0v) is 11.6. The molecule has 0 saturated carbocycles. The standard InChI is InChI=1S/C13H15Cl2NO2/c1-13(12(17)18)5-2-6-16(13)8-9-3-4-10(14)7-11(9)15/h3-4,7H,2,5-6,8H2,1H3,(H,17,18). The molecule has 0 spiro atoms. The van der Waals surface area contributed by atoms with Crippen LogP contribution in [0.4, 0.5) is 0 Å². The van der Waals surface area contributed by atoms with Crippen LogP contribution in [0.1, 0.15) is 25.3 Å². The predicted octanol–water partition coefficient (Wildman–Crippen LogP) is 3.43. The topological polar surface area (TPSA) is 40.5 Å². The molecule has 5 heteroatoms. The normalized spacial score (nSPS) is 24.4. The maximum atomic E-state index is 11.4. The molecule has 1 N–H and O–H groups in total. The summed E-state index contributed by atoms with van der Waals surface area (Å²) in [6.07, 6.45) is 1.57. The highest BCUT2D eigenvalue weighted by Gasteiger charge is 2.43. The van der Waals surface area contributed by atoms with Crippen LogP contribution in [-0.2, 0) is 11.3 Å². The zero-order chi connectivity index (χ0) is 13.3. The van der Waals surface area contributed by atoms with Gasteiger partial charge in [-0.15, -0.1) is 0 Å². The summed E-state index contributed by atoms with van der Waals surface area (Å²) < 4.78 is 0. The van der Waals surface area contributed by atoms with Crippen LogP contribution in [0.3, 0.4) is 0 Å². The molecule has 1 saturated heterocycles. The Bertz CT molecular complexity index is 478. The number of carboxylic acids is 1. The summed E-state index contributed by atoms with van der Waals surface area (Å²) in [5.41, 5.74) is 0.124. The molecule has 1 aliphatic rings.